The van der Waals surface area contributed by atoms with E-state index in [9.17, 15) is 18.0 Å². The monoisotopic (exact) mass is 408 g/mol. The van der Waals surface area contributed by atoms with Crippen molar-refractivity contribution >= 4 is 21.8 Å². The molecule has 8 heteroatoms. The number of amides is 1. The fourth-order valence-corrected chi connectivity index (χ4v) is 2.70. The predicted molar refractivity (Wildman–Crippen MR) is 86.6 cm³/mol. The molecule has 134 valence electrons. The zero-order valence-electron chi connectivity index (χ0n) is 13.6. The first-order chi connectivity index (χ1) is 11.1. The Morgan fingerprint density at radius 2 is 1.96 bits per heavy atom. The summed E-state index contributed by atoms with van der Waals surface area (Å²) >= 11 is 3.29. The van der Waals surface area contributed by atoms with Gasteiger partial charge in [-0.1, -0.05) is 0 Å². The van der Waals surface area contributed by atoms with Gasteiger partial charge in [-0.05, 0) is 54.6 Å². The standard InChI is InChI=1S/C16H20BrF3N2O2/c1-15(2,16(18,19)20)14(23)22-7-5-11(6-8-22)10-24-13-4-3-12(17)9-21-13/h3-4,9,11H,5-8,10H2,1-2H3. The molecule has 0 bridgehead atoms. The lowest BCUT2D eigenvalue weighted by Crippen LogP contribution is -2.51. The Morgan fingerprint density at radius 3 is 2.46 bits per heavy atom. The first kappa shape index (κ1) is 19.0. The molecule has 1 saturated heterocycles. The van der Waals surface area contributed by atoms with Crippen molar-refractivity contribution in [3.63, 3.8) is 0 Å². The normalized spacial score (nSPS) is 17.0. The Kier molecular flexibility index (Phi) is 5.78. The second kappa shape index (κ2) is 7.29. The van der Waals surface area contributed by atoms with Gasteiger partial charge >= 0.3 is 6.18 Å². The van der Waals surface area contributed by atoms with Crippen molar-refractivity contribution in [2.45, 2.75) is 32.9 Å². The molecule has 1 aliphatic heterocycles. The van der Waals surface area contributed by atoms with Gasteiger partial charge in [0.25, 0.3) is 0 Å². The highest BCUT2D eigenvalue weighted by atomic mass is 79.9. The minimum Gasteiger partial charge on any atom is -0.477 e. The molecule has 4 nitrogen and oxygen atoms in total. The van der Waals surface area contributed by atoms with E-state index in [1.165, 1.54) is 4.90 Å². The Labute approximate surface area is 147 Å². The van der Waals surface area contributed by atoms with Gasteiger partial charge in [-0.15, -0.1) is 0 Å². The molecule has 0 radical (unpaired) electrons. The van der Waals surface area contributed by atoms with Gasteiger partial charge in [0.1, 0.15) is 5.41 Å². The van der Waals surface area contributed by atoms with Crippen molar-refractivity contribution in [2.75, 3.05) is 19.7 Å². The fourth-order valence-electron chi connectivity index (χ4n) is 2.47. The molecule has 1 aromatic rings. The van der Waals surface area contributed by atoms with E-state index in [-0.39, 0.29) is 5.92 Å². The summed E-state index contributed by atoms with van der Waals surface area (Å²) in [5.74, 6) is -0.146. The van der Waals surface area contributed by atoms with Crippen LogP contribution in [-0.2, 0) is 4.79 Å². The van der Waals surface area contributed by atoms with E-state index in [0.717, 1.165) is 18.3 Å². The van der Waals surface area contributed by atoms with Crippen molar-refractivity contribution in [1.29, 1.82) is 0 Å². The maximum Gasteiger partial charge on any atom is 0.402 e. The molecule has 1 fully saturated rings. The highest BCUT2D eigenvalue weighted by Gasteiger charge is 2.54. The summed E-state index contributed by atoms with van der Waals surface area (Å²) in [6.07, 6.45) is -1.67. The number of rotatable bonds is 4. The number of pyridine rings is 1. The van der Waals surface area contributed by atoms with E-state index in [4.69, 9.17) is 4.74 Å². The molecule has 0 aromatic carbocycles. The van der Waals surface area contributed by atoms with E-state index < -0.39 is 17.5 Å². The molecule has 1 aromatic heterocycles. The molecule has 2 heterocycles. The van der Waals surface area contributed by atoms with Crippen molar-refractivity contribution in [1.82, 2.24) is 9.88 Å². The fraction of sp³-hybridized carbons (Fsp3) is 0.625. The number of hydrogen-bond donors (Lipinski definition) is 0. The summed E-state index contributed by atoms with van der Waals surface area (Å²) in [5.41, 5.74) is -2.35. The largest absolute Gasteiger partial charge is 0.477 e. The predicted octanol–water partition coefficient (Wildman–Crippen LogP) is 4.05. The summed E-state index contributed by atoms with van der Waals surface area (Å²) in [7, 11) is 0. The van der Waals surface area contributed by atoms with Gasteiger partial charge in [0.05, 0.1) is 6.61 Å². The molecule has 1 aliphatic rings. The van der Waals surface area contributed by atoms with Crippen LogP contribution in [0.5, 0.6) is 5.88 Å². The number of ether oxygens (including phenoxy) is 1. The topological polar surface area (TPSA) is 42.4 Å². The lowest BCUT2D eigenvalue weighted by Gasteiger charge is -2.37. The molecule has 24 heavy (non-hydrogen) atoms. The number of carbonyl (C=O) groups excluding carboxylic acids is 1. The van der Waals surface area contributed by atoms with Crippen LogP contribution in [0, 0.1) is 11.3 Å². The van der Waals surface area contributed by atoms with Gasteiger partial charge in [0, 0.05) is 29.8 Å². The summed E-state index contributed by atoms with van der Waals surface area (Å²) in [5, 5.41) is 0. The zero-order valence-corrected chi connectivity index (χ0v) is 15.2. The van der Waals surface area contributed by atoms with Crippen LogP contribution in [0.1, 0.15) is 26.7 Å². The first-order valence-corrected chi connectivity index (χ1v) is 8.51. The maximum atomic E-state index is 13.0. The SMILES string of the molecule is CC(C)(C(=O)N1CCC(COc2ccc(Br)cn2)CC1)C(F)(F)F. The number of halogens is 4. The smallest absolute Gasteiger partial charge is 0.402 e. The van der Waals surface area contributed by atoms with Crippen molar-refractivity contribution < 1.29 is 22.7 Å². The summed E-state index contributed by atoms with van der Waals surface area (Å²) < 4.78 is 45.4. The zero-order chi connectivity index (χ0) is 18.0. The summed E-state index contributed by atoms with van der Waals surface area (Å²) in [6.45, 7) is 2.95. The quantitative estimate of drug-likeness (QED) is 0.754. The van der Waals surface area contributed by atoms with Crippen LogP contribution in [-0.4, -0.2) is 41.7 Å². The molecular weight excluding hydrogens is 389 g/mol. The van der Waals surface area contributed by atoms with Gasteiger partial charge in [0.2, 0.25) is 11.8 Å². The number of alkyl halides is 3. The van der Waals surface area contributed by atoms with Gasteiger partial charge in [-0.3, -0.25) is 4.79 Å². The lowest BCUT2D eigenvalue weighted by molar-refractivity contribution is -0.217. The Hall–Kier alpha value is -1.31. The van der Waals surface area contributed by atoms with E-state index in [0.29, 0.717) is 38.4 Å². The molecule has 0 saturated carbocycles. The second-order valence-electron chi connectivity index (χ2n) is 6.48. The summed E-state index contributed by atoms with van der Waals surface area (Å²) in [4.78, 5) is 17.6. The average Bonchev–Trinajstić information content (AvgIpc) is 2.53. The van der Waals surface area contributed by atoms with Crippen LogP contribution in [0.25, 0.3) is 0 Å². The molecule has 0 N–H and O–H groups in total. The number of carbonyl (C=O) groups is 1. The third-order valence-electron chi connectivity index (χ3n) is 4.31. The van der Waals surface area contributed by atoms with E-state index >= 15 is 0 Å². The lowest BCUT2D eigenvalue weighted by atomic mass is 9.88. The molecule has 0 aliphatic carbocycles. The Bertz CT molecular complexity index is 568. The van der Waals surface area contributed by atoms with Crippen LogP contribution in [0.15, 0.2) is 22.8 Å². The molecule has 0 spiro atoms. The molecule has 1 amide bonds. The number of aromatic nitrogens is 1. The Morgan fingerprint density at radius 1 is 1.33 bits per heavy atom. The van der Waals surface area contributed by atoms with E-state index in [2.05, 4.69) is 20.9 Å². The summed E-state index contributed by atoms with van der Waals surface area (Å²) in [6, 6.07) is 3.57. The number of piperidine rings is 1. The second-order valence-corrected chi connectivity index (χ2v) is 7.40. The van der Waals surface area contributed by atoms with Gasteiger partial charge in [0.15, 0.2) is 0 Å². The number of nitrogens with zero attached hydrogens (tertiary/aromatic N) is 2. The van der Waals surface area contributed by atoms with Gasteiger partial charge in [-0.2, -0.15) is 13.2 Å². The highest BCUT2D eigenvalue weighted by Crippen LogP contribution is 2.39. The Balaban J connectivity index is 1.83. The van der Waals surface area contributed by atoms with Crippen LogP contribution in [0.4, 0.5) is 13.2 Å². The molecule has 0 unspecified atom stereocenters. The highest BCUT2D eigenvalue weighted by molar-refractivity contribution is 9.10. The molecule has 2 rings (SSSR count). The van der Waals surface area contributed by atoms with Crippen molar-refractivity contribution in [3.8, 4) is 5.88 Å². The number of hydrogen-bond acceptors (Lipinski definition) is 3. The van der Waals surface area contributed by atoms with E-state index in [1.807, 2.05) is 6.07 Å². The van der Waals surface area contributed by atoms with Crippen LogP contribution >= 0.6 is 15.9 Å². The molecule has 0 atom stereocenters. The third kappa shape index (κ3) is 4.40. The van der Waals surface area contributed by atoms with Crippen LogP contribution in [0.3, 0.4) is 0 Å². The van der Waals surface area contributed by atoms with Crippen LogP contribution in [0.2, 0.25) is 0 Å². The van der Waals surface area contributed by atoms with Crippen molar-refractivity contribution in [3.05, 3.63) is 22.8 Å². The van der Waals surface area contributed by atoms with Crippen molar-refractivity contribution in [2.24, 2.45) is 11.3 Å². The molecular formula is C16H20BrF3N2O2. The maximum absolute atomic E-state index is 13.0. The van der Waals surface area contributed by atoms with Crippen LogP contribution < -0.4 is 4.74 Å². The third-order valence-corrected chi connectivity index (χ3v) is 4.78. The van der Waals surface area contributed by atoms with Gasteiger partial charge < -0.3 is 9.64 Å². The number of likely N-dealkylation sites (tertiary alicyclic amines) is 1. The minimum atomic E-state index is -4.54. The minimum absolute atomic E-state index is 0.202. The first-order valence-electron chi connectivity index (χ1n) is 7.71. The van der Waals surface area contributed by atoms with Gasteiger partial charge in [-0.25, -0.2) is 4.98 Å². The average molecular weight is 409 g/mol. The van der Waals surface area contributed by atoms with E-state index in [1.54, 1.807) is 12.3 Å².